The van der Waals surface area contributed by atoms with Gasteiger partial charge < -0.3 is 4.74 Å². The SMILES string of the molecule is COC(=O)c1cc(C#N)cc(C=O)c1Cl. The molecule has 0 spiro atoms. The van der Waals surface area contributed by atoms with Crippen LogP contribution in [0.3, 0.4) is 0 Å². The highest BCUT2D eigenvalue weighted by molar-refractivity contribution is 6.35. The van der Waals surface area contributed by atoms with Gasteiger partial charge in [0, 0.05) is 5.56 Å². The van der Waals surface area contributed by atoms with Crippen molar-refractivity contribution in [3.8, 4) is 6.07 Å². The number of benzene rings is 1. The highest BCUT2D eigenvalue weighted by Crippen LogP contribution is 2.22. The fourth-order valence-corrected chi connectivity index (χ4v) is 1.29. The molecule has 1 aromatic carbocycles. The van der Waals surface area contributed by atoms with E-state index in [1.165, 1.54) is 19.2 Å². The van der Waals surface area contributed by atoms with Crippen LogP contribution in [0.5, 0.6) is 0 Å². The fourth-order valence-electron chi connectivity index (χ4n) is 1.06. The van der Waals surface area contributed by atoms with E-state index in [0.717, 1.165) is 0 Å². The standard InChI is InChI=1S/C10H6ClNO3/c1-15-10(14)8-3-6(4-12)2-7(5-13)9(8)11/h2-3,5H,1H3. The van der Waals surface area contributed by atoms with Gasteiger partial charge in [0.15, 0.2) is 6.29 Å². The Bertz CT molecular complexity index is 462. The van der Waals surface area contributed by atoms with E-state index in [4.69, 9.17) is 16.9 Å². The minimum absolute atomic E-state index is 0.00384. The van der Waals surface area contributed by atoms with Crippen molar-refractivity contribution < 1.29 is 14.3 Å². The number of methoxy groups -OCH3 is 1. The first kappa shape index (κ1) is 11.2. The molecular weight excluding hydrogens is 218 g/mol. The highest BCUT2D eigenvalue weighted by Gasteiger charge is 2.15. The van der Waals surface area contributed by atoms with Gasteiger partial charge in [0.05, 0.1) is 29.3 Å². The second-order valence-electron chi connectivity index (χ2n) is 2.65. The molecule has 0 aliphatic carbocycles. The van der Waals surface area contributed by atoms with Crippen molar-refractivity contribution in [1.82, 2.24) is 0 Å². The third kappa shape index (κ3) is 2.14. The van der Waals surface area contributed by atoms with E-state index in [1.807, 2.05) is 6.07 Å². The number of nitrogens with zero attached hydrogens (tertiary/aromatic N) is 1. The molecule has 0 unspecified atom stereocenters. The molecular formula is C10H6ClNO3. The zero-order valence-corrected chi connectivity index (χ0v) is 8.54. The molecule has 15 heavy (non-hydrogen) atoms. The molecule has 0 aromatic heterocycles. The number of nitriles is 1. The number of esters is 1. The summed E-state index contributed by atoms with van der Waals surface area (Å²) < 4.78 is 4.47. The summed E-state index contributed by atoms with van der Waals surface area (Å²) in [4.78, 5) is 21.9. The van der Waals surface area contributed by atoms with Crippen LogP contribution in [0.4, 0.5) is 0 Å². The van der Waals surface area contributed by atoms with Crippen molar-refractivity contribution in [2.24, 2.45) is 0 Å². The lowest BCUT2D eigenvalue weighted by Crippen LogP contribution is -2.04. The van der Waals surface area contributed by atoms with Gasteiger partial charge in [-0.2, -0.15) is 5.26 Å². The van der Waals surface area contributed by atoms with Gasteiger partial charge in [0.1, 0.15) is 0 Å². The van der Waals surface area contributed by atoms with E-state index in [-0.39, 0.29) is 21.7 Å². The molecule has 0 bridgehead atoms. The molecule has 0 aliphatic rings. The van der Waals surface area contributed by atoms with Crippen LogP contribution in [0.15, 0.2) is 12.1 Å². The van der Waals surface area contributed by atoms with Gasteiger partial charge in [-0.25, -0.2) is 4.79 Å². The van der Waals surface area contributed by atoms with Gasteiger partial charge >= 0.3 is 5.97 Å². The molecule has 5 heteroatoms. The van der Waals surface area contributed by atoms with Crippen LogP contribution in [0.25, 0.3) is 0 Å². The summed E-state index contributed by atoms with van der Waals surface area (Å²) >= 11 is 5.77. The Labute approximate surface area is 91.0 Å². The zero-order chi connectivity index (χ0) is 11.4. The molecule has 0 aliphatic heterocycles. The molecule has 0 atom stereocenters. The van der Waals surface area contributed by atoms with E-state index in [0.29, 0.717) is 6.29 Å². The summed E-state index contributed by atoms with van der Waals surface area (Å²) in [7, 11) is 1.19. The summed E-state index contributed by atoms with van der Waals surface area (Å²) in [6.45, 7) is 0. The van der Waals surface area contributed by atoms with E-state index < -0.39 is 5.97 Å². The van der Waals surface area contributed by atoms with E-state index in [9.17, 15) is 9.59 Å². The van der Waals surface area contributed by atoms with Gasteiger partial charge in [-0.05, 0) is 12.1 Å². The number of ether oxygens (including phenoxy) is 1. The first-order chi connectivity index (χ1) is 7.13. The van der Waals surface area contributed by atoms with Gasteiger partial charge in [0.2, 0.25) is 0 Å². The molecule has 0 amide bonds. The summed E-state index contributed by atoms with van der Waals surface area (Å²) in [5, 5.41) is 8.66. The van der Waals surface area contributed by atoms with Crippen LogP contribution in [0.1, 0.15) is 26.3 Å². The number of carbonyl (C=O) groups excluding carboxylic acids is 2. The van der Waals surface area contributed by atoms with Gasteiger partial charge in [-0.15, -0.1) is 0 Å². The van der Waals surface area contributed by atoms with Crippen molar-refractivity contribution >= 4 is 23.9 Å². The average molecular weight is 224 g/mol. The number of halogens is 1. The minimum atomic E-state index is -0.680. The third-order valence-corrected chi connectivity index (χ3v) is 2.18. The molecule has 0 fully saturated rings. The Morgan fingerprint density at radius 1 is 1.60 bits per heavy atom. The van der Waals surface area contributed by atoms with Crippen LogP contribution < -0.4 is 0 Å². The predicted molar refractivity (Wildman–Crippen MR) is 52.9 cm³/mol. The van der Waals surface area contributed by atoms with Gasteiger partial charge in [-0.1, -0.05) is 11.6 Å². The number of rotatable bonds is 2. The van der Waals surface area contributed by atoms with Gasteiger partial charge in [0.25, 0.3) is 0 Å². The monoisotopic (exact) mass is 223 g/mol. The topological polar surface area (TPSA) is 67.2 Å². The minimum Gasteiger partial charge on any atom is -0.465 e. The van der Waals surface area contributed by atoms with Crippen LogP contribution in [-0.4, -0.2) is 19.4 Å². The van der Waals surface area contributed by atoms with Crippen molar-refractivity contribution in [2.45, 2.75) is 0 Å². The molecule has 4 nitrogen and oxygen atoms in total. The summed E-state index contributed by atoms with van der Waals surface area (Å²) in [5.41, 5.74) is 0.290. The first-order valence-electron chi connectivity index (χ1n) is 3.91. The highest BCUT2D eigenvalue weighted by atomic mass is 35.5. The lowest BCUT2D eigenvalue weighted by molar-refractivity contribution is 0.0601. The molecule has 0 radical (unpaired) electrons. The Morgan fingerprint density at radius 2 is 2.27 bits per heavy atom. The molecule has 76 valence electrons. The first-order valence-corrected chi connectivity index (χ1v) is 4.29. The zero-order valence-electron chi connectivity index (χ0n) is 7.78. The molecule has 0 saturated heterocycles. The van der Waals surface area contributed by atoms with Crippen LogP contribution in [0, 0.1) is 11.3 Å². The molecule has 1 aromatic rings. The van der Waals surface area contributed by atoms with Crippen molar-refractivity contribution in [3.63, 3.8) is 0 Å². The van der Waals surface area contributed by atoms with Crippen LogP contribution in [-0.2, 0) is 4.74 Å². The molecule has 1 rings (SSSR count). The summed E-state index contributed by atoms with van der Waals surface area (Å²) in [6, 6.07) is 4.41. The normalized spacial score (nSPS) is 9.13. The smallest absolute Gasteiger partial charge is 0.339 e. The molecule has 0 saturated carbocycles. The third-order valence-electron chi connectivity index (χ3n) is 1.76. The van der Waals surface area contributed by atoms with Crippen molar-refractivity contribution in [3.05, 3.63) is 33.8 Å². The Hall–Kier alpha value is -1.86. The lowest BCUT2D eigenvalue weighted by Gasteiger charge is -2.04. The molecule has 0 N–H and O–H groups in total. The summed E-state index contributed by atoms with van der Waals surface area (Å²) in [5.74, 6) is -0.680. The van der Waals surface area contributed by atoms with Gasteiger partial charge in [-0.3, -0.25) is 4.79 Å². The van der Waals surface area contributed by atoms with Crippen molar-refractivity contribution in [2.75, 3.05) is 7.11 Å². The van der Waals surface area contributed by atoms with Crippen LogP contribution in [0.2, 0.25) is 5.02 Å². The lowest BCUT2D eigenvalue weighted by atomic mass is 10.1. The number of carbonyl (C=O) groups is 2. The largest absolute Gasteiger partial charge is 0.465 e. The Morgan fingerprint density at radius 3 is 2.73 bits per heavy atom. The maximum Gasteiger partial charge on any atom is 0.339 e. The Kier molecular flexibility index (Phi) is 3.42. The number of hydrogen-bond acceptors (Lipinski definition) is 4. The second kappa shape index (κ2) is 4.58. The number of aldehydes is 1. The molecule has 0 heterocycles. The summed E-state index contributed by atoms with van der Waals surface area (Å²) in [6.07, 6.45) is 0.482. The fraction of sp³-hybridized carbons (Fsp3) is 0.100. The number of hydrogen-bond donors (Lipinski definition) is 0. The van der Waals surface area contributed by atoms with E-state index >= 15 is 0 Å². The van der Waals surface area contributed by atoms with Crippen molar-refractivity contribution in [1.29, 1.82) is 5.26 Å². The maximum absolute atomic E-state index is 11.2. The van der Waals surface area contributed by atoms with E-state index in [1.54, 1.807) is 0 Å². The second-order valence-corrected chi connectivity index (χ2v) is 3.03. The Balaban J connectivity index is 3.45. The quantitative estimate of drug-likeness (QED) is 0.567. The predicted octanol–water partition coefficient (Wildman–Crippen LogP) is 1.81. The average Bonchev–Trinajstić information content (AvgIpc) is 2.28. The van der Waals surface area contributed by atoms with Crippen LogP contribution >= 0.6 is 11.6 Å². The maximum atomic E-state index is 11.2. The van der Waals surface area contributed by atoms with E-state index in [2.05, 4.69) is 4.74 Å².